The zero-order chi connectivity index (χ0) is 17.9. The van der Waals surface area contributed by atoms with E-state index in [0.29, 0.717) is 6.54 Å². The van der Waals surface area contributed by atoms with Gasteiger partial charge in [0.15, 0.2) is 0 Å². The quantitative estimate of drug-likeness (QED) is 0.508. The first-order valence-electron chi connectivity index (χ1n) is 8.73. The van der Waals surface area contributed by atoms with Gasteiger partial charge in [-0.05, 0) is 30.7 Å². The second-order valence-electron chi connectivity index (χ2n) is 6.33. The molecule has 0 aliphatic rings. The maximum atomic E-state index is 6.34. The fraction of sp³-hybridized carbons (Fsp3) is 0.136. The number of fused-ring (bicyclic) bond motifs is 1. The van der Waals surface area contributed by atoms with Crippen LogP contribution in [0.15, 0.2) is 79.0 Å². The molecule has 4 heteroatoms. The monoisotopic (exact) mass is 361 g/mol. The molecule has 0 unspecified atom stereocenters. The molecule has 1 atom stereocenters. The summed E-state index contributed by atoms with van der Waals surface area (Å²) in [4.78, 5) is 4.85. The second kappa shape index (κ2) is 7.32. The molecule has 0 saturated heterocycles. The van der Waals surface area contributed by atoms with Crippen molar-refractivity contribution in [2.75, 3.05) is 0 Å². The lowest BCUT2D eigenvalue weighted by molar-refractivity contribution is 0.567. The second-order valence-corrected chi connectivity index (χ2v) is 6.73. The molecule has 0 amide bonds. The highest BCUT2D eigenvalue weighted by molar-refractivity contribution is 6.31. The van der Waals surface area contributed by atoms with Crippen molar-refractivity contribution >= 4 is 17.2 Å². The van der Waals surface area contributed by atoms with Gasteiger partial charge in [-0.25, -0.2) is 4.98 Å². The Morgan fingerprint density at radius 3 is 2.50 bits per heavy atom. The number of nitrogens with one attached hydrogen (secondary N) is 1. The summed E-state index contributed by atoms with van der Waals surface area (Å²) in [6.07, 6.45) is 2.06. The molecule has 2 heterocycles. The molecule has 3 nitrogen and oxygen atoms in total. The minimum absolute atomic E-state index is 0.140. The van der Waals surface area contributed by atoms with Gasteiger partial charge in [-0.1, -0.05) is 66.2 Å². The summed E-state index contributed by atoms with van der Waals surface area (Å²) in [5.74, 6) is 0. The summed E-state index contributed by atoms with van der Waals surface area (Å²) in [6, 6.07) is 24.5. The van der Waals surface area contributed by atoms with Crippen LogP contribution in [0.5, 0.6) is 0 Å². The lowest BCUT2D eigenvalue weighted by atomic mass is 10.1. The van der Waals surface area contributed by atoms with Crippen molar-refractivity contribution in [3.8, 4) is 11.3 Å². The first kappa shape index (κ1) is 16.8. The number of pyridine rings is 1. The fourth-order valence-electron chi connectivity index (χ4n) is 3.23. The van der Waals surface area contributed by atoms with E-state index in [2.05, 4.69) is 41.0 Å². The Hall–Kier alpha value is -2.62. The zero-order valence-corrected chi connectivity index (χ0v) is 15.3. The molecular formula is C22H20ClN3. The van der Waals surface area contributed by atoms with Crippen LogP contribution in [0.2, 0.25) is 5.02 Å². The van der Waals surface area contributed by atoms with E-state index in [0.717, 1.165) is 33.2 Å². The number of rotatable bonds is 5. The Morgan fingerprint density at radius 2 is 1.69 bits per heavy atom. The maximum absolute atomic E-state index is 6.34. The van der Waals surface area contributed by atoms with Gasteiger partial charge in [0.25, 0.3) is 0 Å². The van der Waals surface area contributed by atoms with Gasteiger partial charge in [-0.3, -0.25) is 0 Å². The number of benzene rings is 2. The van der Waals surface area contributed by atoms with Gasteiger partial charge in [0.2, 0.25) is 0 Å². The zero-order valence-electron chi connectivity index (χ0n) is 14.6. The highest BCUT2D eigenvalue weighted by Gasteiger charge is 2.15. The molecule has 4 aromatic rings. The van der Waals surface area contributed by atoms with Gasteiger partial charge in [-0.15, -0.1) is 0 Å². The molecular weight excluding hydrogens is 342 g/mol. The number of hydrogen-bond donors (Lipinski definition) is 1. The van der Waals surface area contributed by atoms with E-state index >= 15 is 0 Å². The maximum Gasteiger partial charge on any atom is 0.137 e. The first-order valence-corrected chi connectivity index (χ1v) is 9.11. The van der Waals surface area contributed by atoms with Gasteiger partial charge in [-0.2, -0.15) is 0 Å². The molecule has 0 bridgehead atoms. The van der Waals surface area contributed by atoms with E-state index in [1.54, 1.807) is 0 Å². The van der Waals surface area contributed by atoms with Crippen LogP contribution in [0.3, 0.4) is 0 Å². The minimum atomic E-state index is 0.140. The molecule has 0 aliphatic heterocycles. The molecule has 2 aromatic heterocycles. The van der Waals surface area contributed by atoms with Crippen LogP contribution in [0, 0.1) is 0 Å². The summed E-state index contributed by atoms with van der Waals surface area (Å²) in [7, 11) is 0. The molecule has 0 saturated carbocycles. The van der Waals surface area contributed by atoms with E-state index in [9.17, 15) is 0 Å². The summed E-state index contributed by atoms with van der Waals surface area (Å²) < 4.78 is 2.15. The van der Waals surface area contributed by atoms with E-state index < -0.39 is 0 Å². The number of hydrogen-bond acceptors (Lipinski definition) is 2. The van der Waals surface area contributed by atoms with Gasteiger partial charge in [0.1, 0.15) is 5.65 Å². The SMILES string of the molecule is C[C@H](NCc1c(-c2ccccc2)nc2ccccn12)c1ccccc1Cl. The number of halogens is 1. The molecule has 26 heavy (non-hydrogen) atoms. The highest BCUT2D eigenvalue weighted by atomic mass is 35.5. The Kier molecular flexibility index (Phi) is 4.74. The van der Waals surface area contributed by atoms with Crippen LogP contribution >= 0.6 is 11.6 Å². The lowest BCUT2D eigenvalue weighted by Gasteiger charge is -2.16. The predicted molar refractivity (Wildman–Crippen MR) is 107 cm³/mol. The predicted octanol–water partition coefficient (Wildman–Crippen LogP) is 5.51. The van der Waals surface area contributed by atoms with E-state index in [1.807, 2.05) is 54.6 Å². The average molecular weight is 362 g/mol. The van der Waals surface area contributed by atoms with Crippen LogP contribution < -0.4 is 5.32 Å². The third-order valence-corrected chi connectivity index (χ3v) is 4.97. The highest BCUT2D eigenvalue weighted by Crippen LogP contribution is 2.26. The molecule has 0 spiro atoms. The van der Waals surface area contributed by atoms with Crippen molar-refractivity contribution in [1.82, 2.24) is 14.7 Å². The van der Waals surface area contributed by atoms with E-state index in [4.69, 9.17) is 16.6 Å². The molecule has 2 aromatic carbocycles. The molecule has 0 fully saturated rings. The molecule has 0 aliphatic carbocycles. The standard InChI is InChI=1S/C22H20ClN3/c1-16(18-11-5-6-12-19(18)23)24-15-20-22(17-9-3-2-4-10-17)25-21-13-7-8-14-26(20)21/h2-14,16,24H,15H2,1H3/t16-/m0/s1. The van der Waals surface area contributed by atoms with Crippen LogP contribution in [-0.4, -0.2) is 9.38 Å². The fourth-order valence-corrected chi connectivity index (χ4v) is 3.53. The summed E-state index contributed by atoms with van der Waals surface area (Å²) in [5.41, 5.74) is 5.33. The first-order chi connectivity index (χ1) is 12.7. The van der Waals surface area contributed by atoms with Crippen molar-refractivity contribution in [2.45, 2.75) is 19.5 Å². The van der Waals surface area contributed by atoms with Crippen molar-refractivity contribution in [2.24, 2.45) is 0 Å². The van der Waals surface area contributed by atoms with Gasteiger partial charge in [0, 0.05) is 29.4 Å². The smallest absolute Gasteiger partial charge is 0.137 e. The molecule has 0 radical (unpaired) electrons. The Bertz CT molecular complexity index is 1020. The summed E-state index contributed by atoms with van der Waals surface area (Å²) >= 11 is 6.34. The van der Waals surface area contributed by atoms with Gasteiger partial charge < -0.3 is 9.72 Å². The van der Waals surface area contributed by atoms with E-state index in [1.165, 1.54) is 0 Å². The summed E-state index contributed by atoms with van der Waals surface area (Å²) in [5, 5.41) is 4.39. The molecule has 4 rings (SSSR count). The topological polar surface area (TPSA) is 29.3 Å². The summed E-state index contributed by atoms with van der Waals surface area (Å²) in [6.45, 7) is 2.83. The number of imidazole rings is 1. The van der Waals surface area contributed by atoms with Crippen LogP contribution in [0.4, 0.5) is 0 Å². The van der Waals surface area contributed by atoms with Crippen molar-refractivity contribution in [3.63, 3.8) is 0 Å². The van der Waals surface area contributed by atoms with Crippen molar-refractivity contribution < 1.29 is 0 Å². The van der Waals surface area contributed by atoms with Gasteiger partial charge >= 0.3 is 0 Å². The Balaban J connectivity index is 1.68. The average Bonchev–Trinajstić information content (AvgIpc) is 3.06. The van der Waals surface area contributed by atoms with Crippen LogP contribution in [-0.2, 0) is 6.54 Å². The third-order valence-electron chi connectivity index (χ3n) is 4.62. The largest absolute Gasteiger partial charge is 0.304 e. The third kappa shape index (κ3) is 3.24. The van der Waals surface area contributed by atoms with Crippen LogP contribution in [0.25, 0.3) is 16.9 Å². The minimum Gasteiger partial charge on any atom is -0.304 e. The molecule has 130 valence electrons. The van der Waals surface area contributed by atoms with E-state index in [-0.39, 0.29) is 6.04 Å². The van der Waals surface area contributed by atoms with Gasteiger partial charge in [0.05, 0.1) is 11.4 Å². The van der Waals surface area contributed by atoms with Crippen molar-refractivity contribution in [1.29, 1.82) is 0 Å². The number of aromatic nitrogens is 2. The lowest BCUT2D eigenvalue weighted by Crippen LogP contribution is -2.19. The normalized spacial score (nSPS) is 12.4. The Morgan fingerprint density at radius 1 is 0.962 bits per heavy atom. The van der Waals surface area contributed by atoms with Crippen LogP contribution in [0.1, 0.15) is 24.2 Å². The molecule has 1 N–H and O–H groups in total. The van der Waals surface area contributed by atoms with Crippen molar-refractivity contribution in [3.05, 3.63) is 95.3 Å². The Labute approximate surface area is 158 Å². The number of nitrogens with zero attached hydrogens (tertiary/aromatic N) is 2.